The smallest absolute Gasteiger partial charge is 0.308 e. The van der Waals surface area contributed by atoms with Crippen molar-refractivity contribution in [3.05, 3.63) is 0 Å². The third-order valence-corrected chi connectivity index (χ3v) is 3.93. The molecule has 3 atom stereocenters. The van der Waals surface area contributed by atoms with E-state index in [1.807, 2.05) is 6.92 Å². The molecule has 0 spiro atoms. The highest BCUT2D eigenvalue weighted by atomic mass is 16.4. The summed E-state index contributed by atoms with van der Waals surface area (Å²) in [5, 5.41) is 12.0. The van der Waals surface area contributed by atoms with Gasteiger partial charge in [0.15, 0.2) is 0 Å². The van der Waals surface area contributed by atoms with Crippen LogP contribution in [0.5, 0.6) is 0 Å². The van der Waals surface area contributed by atoms with Crippen LogP contribution in [0.3, 0.4) is 0 Å². The monoisotopic (exact) mass is 240 g/mol. The van der Waals surface area contributed by atoms with Gasteiger partial charge in [0.25, 0.3) is 0 Å². The van der Waals surface area contributed by atoms with Crippen molar-refractivity contribution in [1.29, 1.82) is 0 Å². The van der Waals surface area contributed by atoms with E-state index < -0.39 is 5.97 Å². The number of carboxylic acid groups (broad SMARTS) is 1. The number of carbonyl (C=O) groups is 2. The third-order valence-electron chi connectivity index (χ3n) is 3.93. The molecule has 1 unspecified atom stereocenters. The van der Waals surface area contributed by atoms with Crippen LogP contribution in [0.1, 0.15) is 26.2 Å². The summed E-state index contributed by atoms with van der Waals surface area (Å²) < 4.78 is 0. The molecule has 96 valence electrons. The van der Waals surface area contributed by atoms with Crippen LogP contribution in [0.15, 0.2) is 0 Å². The number of carbonyl (C=O) groups excluding carboxylic acids is 1. The average molecular weight is 240 g/mol. The van der Waals surface area contributed by atoms with Crippen LogP contribution in [0.2, 0.25) is 0 Å². The molecule has 2 fully saturated rings. The number of hydrogen-bond donors (Lipinski definition) is 2. The maximum Gasteiger partial charge on any atom is 0.308 e. The summed E-state index contributed by atoms with van der Waals surface area (Å²) >= 11 is 0. The van der Waals surface area contributed by atoms with Crippen molar-refractivity contribution in [2.75, 3.05) is 19.6 Å². The molecule has 0 bridgehead atoms. The van der Waals surface area contributed by atoms with Gasteiger partial charge in [-0.15, -0.1) is 0 Å². The second kappa shape index (κ2) is 5.04. The van der Waals surface area contributed by atoms with E-state index in [9.17, 15) is 9.59 Å². The van der Waals surface area contributed by atoms with E-state index in [-0.39, 0.29) is 23.8 Å². The first-order chi connectivity index (χ1) is 8.08. The zero-order chi connectivity index (χ0) is 12.4. The zero-order valence-corrected chi connectivity index (χ0v) is 10.2. The SMILES string of the molecule is C[C@@H]1CN(C2CCCNC(=O)C2)C[C@H]1C(=O)O. The minimum atomic E-state index is -0.710. The summed E-state index contributed by atoms with van der Waals surface area (Å²) in [6.07, 6.45) is 2.48. The number of nitrogens with zero attached hydrogens (tertiary/aromatic N) is 1. The maximum absolute atomic E-state index is 11.5. The molecule has 0 saturated carbocycles. The fraction of sp³-hybridized carbons (Fsp3) is 0.833. The van der Waals surface area contributed by atoms with E-state index in [4.69, 9.17) is 5.11 Å². The summed E-state index contributed by atoms with van der Waals surface area (Å²) in [6.45, 7) is 4.13. The Balaban J connectivity index is 1.98. The Morgan fingerprint density at radius 2 is 2.24 bits per heavy atom. The van der Waals surface area contributed by atoms with Gasteiger partial charge in [0.1, 0.15) is 0 Å². The van der Waals surface area contributed by atoms with Crippen LogP contribution in [0, 0.1) is 11.8 Å². The third kappa shape index (κ3) is 2.77. The minimum absolute atomic E-state index is 0.0962. The standard InChI is InChI=1S/C12H20N2O3/c1-8-6-14(7-10(8)12(16)17)9-3-2-4-13-11(15)5-9/h8-10H,2-7H2,1H3,(H,13,15)(H,16,17)/t8-,9?,10-/m1/s1. The number of nitrogens with one attached hydrogen (secondary N) is 1. The lowest BCUT2D eigenvalue weighted by Gasteiger charge is -2.25. The number of amides is 1. The van der Waals surface area contributed by atoms with Crippen LogP contribution < -0.4 is 5.32 Å². The van der Waals surface area contributed by atoms with Crippen LogP contribution in [0.25, 0.3) is 0 Å². The molecule has 2 heterocycles. The van der Waals surface area contributed by atoms with Crippen molar-refractivity contribution in [3.8, 4) is 0 Å². The van der Waals surface area contributed by atoms with Gasteiger partial charge in [0.2, 0.25) is 5.91 Å². The molecule has 2 saturated heterocycles. The number of hydrogen-bond acceptors (Lipinski definition) is 3. The lowest BCUT2D eigenvalue weighted by molar-refractivity contribution is -0.142. The maximum atomic E-state index is 11.5. The zero-order valence-electron chi connectivity index (χ0n) is 10.2. The molecule has 2 aliphatic rings. The van der Waals surface area contributed by atoms with Gasteiger partial charge in [-0.1, -0.05) is 6.92 Å². The fourth-order valence-corrected chi connectivity index (χ4v) is 2.89. The minimum Gasteiger partial charge on any atom is -0.481 e. The van der Waals surface area contributed by atoms with Gasteiger partial charge >= 0.3 is 5.97 Å². The topological polar surface area (TPSA) is 69.6 Å². The van der Waals surface area contributed by atoms with Gasteiger partial charge in [-0.05, 0) is 18.8 Å². The van der Waals surface area contributed by atoms with Crippen molar-refractivity contribution in [2.45, 2.75) is 32.2 Å². The van der Waals surface area contributed by atoms with Crippen LogP contribution >= 0.6 is 0 Å². The fourth-order valence-electron chi connectivity index (χ4n) is 2.89. The lowest BCUT2D eigenvalue weighted by Crippen LogP contribution is -2.36. The summed E-state index contributed by atoms with van der Waals surface area (Å²) in [4.78, 5) is 24.7. The highest BCUT2D eigenvalue weighted by Gasteiger charge is 2.38. The Morgan fingerprint density at radius 1 is 1.47 bits per heavy atom. The first-order valence-electron chi connectivity index (χ1n) is 6.31. The van der Waals surface area contributed by atoms with Gasteiger partial charge in [-0.25, -0.2) is 0 Å². The van der Waals surface area contributed by atoms with Gasteiger partial charge in [0, 0.05) is 32.1 Å². The predicted octanol–water partition coefficient (Wildman–Crippen LogP) is 0.308. The molecule has 0 aromatic heterocycles. The van der Waals surface area contributed by atoms with Crippen molar-refractivity contribution in [3.63, 3.8) is 0 Å². The van der Waals surface area contributed by atoms with E-state index in [2.05, 4.69) is 10.2 Å². The van der Waals surface area contributed by atoms with E-state index >= 15 is 0 Å². The summed E-state index contributed by atoms with van der Waals surface area (Å²) in [6, 6.07) is 0.226. The van der Waals surface area contributed by atoms with E-state index in [0.717, 1.165) is 25.9 Å². The highest BCUT2D eigenvalue weighted by molar-refractivity contribution is 5.76. The normalized spacial score (nSPS) is 35.4. The quantitative estimate of drug-likeness (QED) is 0.728. The molecule has 2 aliphatic heterocycles. The number of aliphatic carboxylic acids is 1. The van der Waals surface area contributed by atoms with Crippen LogP contribution in [0.4, 0.5) is 0 Å². The first-order valence-corrected chi connectivity index (χ1v) is 6.31. The number of likely N-dealkylation sites (tertiary alicyclic amines) is 1. The van der Waals surface area contributed by atoms with E-state index in [0.29, 0.717) is 13.0 Å². The number of carboxylic acids is 1. The van der Waals surface area contributed by atoms with Crippen molar-refractivity contribution in [1.82, 2.24) is 10.2 Å². The molecule has 0 radical (unpaired) electrons. The predicted molar refractivity (Wildman–Crippen MR) is 62.5 cm³/mol. The molecular weight excluding hydrogens is 220 g/mol. The largest absolute Gasteiger partial charge is 0.481 e. The molecule has 2 rings (SSSR count). The Labute approximate surface area is 101 Å². The summed E-state index contributed by atoms with van der Waals surface area (Å²) in [7, 11) is 0. The van der Waals surface area contributed by atoms with E-state index in [1.54, 1.807) is 0 Å². The Morgan fingerprint density at radius 3 is 2.88 bits per heavy atom. The molecule has 0 aliphatic carbocycles. The highest BCUT2D eigenvalue weighted by Crippen LogP contribution is 2.27. The Kier molecular flexibility index (Phi) is 3.66. The summed E-state index contributed by atoms with van der Waals surface area (Å²) in [5.74, 6) is -0.711. The van der Waals surface area contributed by atoms with E-state index in [1.165, 1.54) is 0 Å². The van der Waals surface area contributed by atoms with Crippen LogP contribution in [-0.4, -0.2) is 47.6 Å². The lowest BCUT2D eigenvalue weighted by atomic mass is 9.99. The second-order valence-corrected chi connectivity index (χ2v) is 5.23. The first kappa shape index (κ1) is 12.4. The Bertz CT molecular complexity index is 319. The van der Waals surface area contributed by atoms with Crippen molar-refractivity contribution in [2.24, 2.45) is 11.8 Å². The average Bonchev–Trinajstić information content (AvgIpc) is 2.51. The van der Waals surface area contributed by atoms with Gasteiger partial charge in [-0.3, -0.25) is 14.5 Å². The Hall–Kier alpha value is -1.10. The van der Waals surface area contributed by atoms with Gasteiger partial charge in [-0.2, -0.15) is 0 Å². The molecule has 5 nitrogen and oxygen atoms in total. The van der Waals surface area contributed by atoms with Crippen LogP contribution in [-0.2, 0) is 9.59 Å². The molecule has 17 heavy (non-hydrogen) atoms. The van der Waals surface area contributed by atoms with Crippen molar-refractivity contribution < 1.29 is 14.7 Å². The summed E-state index contributed by atoms with van der Waals surface area (Å²) in [5.41, 5.74) is 0. The number of rotatable bonds is 2. The van der Waals surface area contributed by atoms with Crippen molar-refractivity contribution >= 4 is 11.9 Å². The van der Waals surface area contributed by atoms with Gasteiger partial charge < -0.3 is 10.4 Å². The molecule has 1 amide bonds. The molecular formula is C12H20N2O3. The van der Waals surface area contributed by atoms with Gasteiger partial charge in [0.05, 0.1) is 5.92 Å². The molecule has 0 aromatic carbocycles. The molecule has 0 aromatic rings. The second-order valence-electron chi connectivity index (χ2n) is 5.23. The molecule has 2 N–H and O–H groups in total. The molecule has 5 heteroatoms.